The zero-order valence-corrected chi connectivity index (χ0v) is 18.4. The molecule has 0 bridgehead atoms. The van der Waals surface area contributed by atoms with Gasteiger partial charge < -0.3 is 10.6 Å². The highest BCUT2D eigenvalue weighted by molar-refractivity contribution is 6.08. The van der Waals surface area contributed by atoms with E-state index in [0.29, 0.717) is 18.4 Å². The summed E-state index contributed by atoms with van der Waals surface area (Å²) >= 11 is 0. The van der Waals surface area contributed by atoms with Crippen LogP contribution in [-0.2, 0) is 12.8 Å². The molecular weight excluding hydrogens is 417 g/mol. The molecular formula is C24H27Cl2N3O. The quantitative estimate of drug-likeness (QED) is 0.652. The van der Waals surface area contributed by atoms with Gasteiger partial charge in [-0.2, -0.15) is 0 Å². The summed E-state index contributed by atoms with van der Waals surface area (Å²) in [7, 11) is 0. The summed E-state index contributed by atoms with van der Waals surface area (Å²) in [5.41, 5.74) is 11.5. The second kappa shape index (κ2) is 9.34. The minimum absolute atomic E-state index is 0. The van der Waals surface area contributed by atoms with E-state index in [4.69, 9.17) is 10.7 Å². The molecule has 3 aromatic rings. The minimum atomic E-state index is 0. The van der Waals surface area contributed by atoms with Crippen LogP contribution in [0.25, 0.3) is 10.9 Å². The first-order valence-electron chi connectivity index (χ1n) is 10.2. The van der Waals surface area contributed by atoms with Crippen molar-refractivity contribution in [2.45, 2.75) is 25.2 Å². The molecule has 0 spiro atoms. The molecule has 2 N–H and O–H groups in total. The van der Waals surface area contributed by atoms with Gasteiger partial charge in [0.2, 0.25) is 0 Å². The van der Waals surface area contributed by atoms with Crippen molar-refractivity contribution in [1.82, 2.24) is 9.88 Å². The summed E-state index contributed by atoms with van der Waals surface area (Å²) in [6, 6.07) is 18.5. The van der Waals surface area contributed by atoms with Crippen molar-refractivity contribution in [1.29, 1.82) is 0 Å². The van der Waals surface area contributed by atoms with E-state index in [2.05, 4.69) is 24.3 Å². The predicted octanol–water partition coefficient (Wildman–Crippen LogP) is 4.38. The molecule has 2 aromatic carbocycles. The summed E-state index contributed by atoms with van der Waals surface area (Å²) in [5, 5.41) is 0.987. The Kier molecular flexibility index (Phi) is 7.02. The fourth-order valence-corrected chi connectivity index (χ4v) is 4.97. The van der Waals surface area contributed by atoms with Gasteiger partial charge in [-0.25, -0.2) is 0 Å². The van der Waals surface area contributed by atoms with Crippen molar-refractivity contribution in [3.05, 3.63) is 77.0 Å². The molecule has 2 heterocycles. The molecule has 0 radical (unpaired) electrons. The summed E-state index contributed by atoms with van der Waals surface area (Å²) in [6.07, 6.45) is 3.00. The third-order valence-electron chi connectivity index (χ3n) is 6.39. The molecule has 2 aliphatic rings. The van der Waals surface area contributed by atoms with E-state index >= 15 is 0 Å². The first-order valence-corrected chi connectivity index (χ1v) is 10.2. The van der Waals surface area contributed by atoms with Gasteiger partial charge in [0.1, 0.15) is 0 Å². The summed E-state index contributed by atoms with van der Waals surface area (Å²) in [5.74, 6) is 0.748. The highest BCUT2D eigenvalue weighted by Gasteiger charge is 2.37. The molecule has 1 fully saturated rings. The average Bonchev–Trinajstić information content (AvgIpc) is 3.39. The lowest BCUT2D eigenvalue weighted by molar-refractivity contribution is 0.0787. The van der Waals surface area contributed by atoms with E-state index in [1.54, 1.807) is 0 Å². The molecule has 1 aliphatic heterocycles. The van der Waals surface area contributed by atoms with Crippen molar-refractivity contribution < 1.29 is 4.79 Å². The van der Waals surface area contributed by atoms with Crippen LogP contribution < -0.4 is 5.73 Å². The third-order valence-corrected chi connectivity index (χ3v) is 6.39. The van der Waals surface area contributed by atoms with E-state index < -0.39 is 0 Å². The molecule has 1 saturated heterocycles. The molecule has 4 nitrogen and oxygen atoms in total. The predicted molar refractivity (Wildman–Crippen MR) is 126 cm³/mol. The standard InChI is InChI=1S/C24H25N3O.2ClH/c25-13-17-14-27(15-20(17)16-7-2-1-3-8-16)24(28)23-18-9-4-5-11-21(18)26-22-12-6-10-19(22)23;;/h1-5,7-9,11,17,20H,6,10,12-15,25H2;2*1H/t17-,20+;;/m1../s1. The number of benzene rings is 2. The van der Waals surface area contributed by atoms with Gasteiger partial charge in [-0.15, -0.1) is 24.8 Å². The topological polar surface area (TPSA) is 59.2 Å². The molecule has 1 aliphatic carbocycles. The molecule has 5 rings (SSSR count). The fourth-order valence-electron chi connectivity index (χ4n) is 4.97. The molecule has 158 valence electrons. The number of nitrogens with two attached hydrogens (primary N) is 1. The number of hydrogen-bond donors (Lipinski definition) is 1. The number of rotatable bonds is 3. The molecule has 30 heavy (non-hydrogen) atoms. The highest BCUT2D eigenvalue weighted by Crippen LogP contribution is 2.36. The Morgan fingerprint density at radius 3 is 2.50 bits per heavy atom. The SMILES string of the molecule is Cl.Cl.NC[C@@H]1CN(C(=O)c2c3c(nc4ccccc24)CCC3)C[C@H]1c1ccccc1. The molecule has 2 atom stereocenters. The van der Waals surface area contributed by atoms with Gasteiger partial charge in [0.15, 0.2) is 0 Å². The van der Waals surface area contributed by atoms with Crippen molar-refractivity contribution in [2.24, 2.45) is 11.7 Å². The number of fused-ring (bicyclic) bond motifs is 2. The number of para-hydroxylation sites is 1. The molecule has 6 heteroatoms. The van der Waals surface area contributed by atoms with Crippen LogP contribution >= 0.6 is 24.8 Å². The minimum Gasteiger partial charge on any atom is -0.338 e. The Labute approximate surface area is 189 Å². The van der Waals surface area contributed by atoms with Crippen LogP contribution in [0.2, 0.25) is 0 Å². The zero-order valence-electron chi connectivity index (χ0n) is 16.8. The summed E-state index contributed by atoms with van der Waals surface area (Å²) in [4.78, 5) is 20.6. The number of carbonyl (C=O) groups is 1. The largest absolute Gasteiger partial charge is 0.338 e. The lowest BCUT2D eigenvalue weighted by Crippen LogP contribution is -2.31. The van der Waals surface area contributed by atoms with Crippen LogP contribution in [0.5, 0.6) is 0 Å². The van der Waals surface area contributed by atoms with E-state index in [1.165, 1.54) is 5.56 Å². The van der Waals surface area contributed by atoms with Gasteiger partial charge in [-0.1, -0.05) is 48.5 Å². The van der Waals surface area contributed by atoms with Crippen molar-refractivity contribution in [3.8, 4) is 0 Å². The number of aryl methyl sites for hydroxylation is 1. The van der Waals surface area contributed by atoms with Crippen LogP contribution in [0.4, 0.5) is 0 Å². The van der Waals surface area contributed by atoms with Crippen LogP contribution in [0.1, 0.15) is 39.5 Å². The van der Waals surface area contributed by atoms with Gasteiger partial charge in [0, 0.05) is 30.1 Å². The Bertz CT molecular complexity index is 1040. The second-order valence-electron chi connectivity index (χ2n) is 8.01. The molecule has 0 unspecified atom stereocenters. The van der Waals surface area contributed by atoms with E-state index in [0.717, 1.165) is 60.1 Å². The van der Waals surface area contributed by atoms with E-state index in [9.17, 15) is 4.79 Å². The first-order chi connectivity index (χ1) is 13.8. The van der Waals surface area contributed by atoms with Crippen LogP contribution in [0.15, 0.2) is 54.6 Å². The Morgan fingerprint density at radius 1 is 1.00 bits per heavy atom. The van der Waals surface area contributed by atoms with Gasteiger partial charge in [0.05, 0.1) is 11.1 Å². The monoisotopic (exact) mass is 443 g/mol. The Hall–Kier alpha value is -2.14. The molecule has 0 saturated carbocycles. The number of aromatic nitrogens is 1. The van der Waals surface area contributed by atoms with Crippen LogP contribution in [-0.4, -0.2) is 35.4 Å². The van der Waals surface area contributed by atoms with Gasteiger partial charge in [-0.05, 0) is 48.9 Å². The first kappa shape index (κ1) is 22.5. The van der Waals surface area contributed by atoms with Crippen molar-refractivity contribution in [3.63, 3.8) is 0 Å². The lowest BCUT2D eigenvalue weighted by Gasteiger charge is -2.20. The zero-order chi connectivity index (χ0) is 19.1. The normalized spacial score (nSPS) is 19.8. The van der Waals surface area contributed by atoms with Gasteiger partial charge in [0.25, 0.3) is 5.91 Å². The maximum atomic E-state index is 13.7. The Balaban J connectivity index is 0.00000128. The summed E-state index contributed by atoms with van der Waals surface area (Å²) < 4.78 is 0. The molecule has 1 amide bonds. The highest BCUT2D eigenvalue weighted by atomic mass is 35.5. The third kappa shape index (κ3) is 3.80. The fraction of sp³-hybridized carbons (Fsp3) is 0.333. The van der Waals surface area contributed by atoms with Crippen molar-refractivity contribution in [2.75, 3.05) is 19.6 Å². The second-order valence-corrected chi connectivity index (χ2v) is 8.01. The van der Waals surface area contributed by atoms with E-state index in [-0.39, 0.29) is 30.7 Å². The maximum Gasteiger partial charge on any atom is 0.254 e. The van der Waals surface area contributed by atoms with Crippen molar-refractivity contribution >= 4 is 41.6 Å². The molecule has 1 aromatic heterocycles. The van der Waals surface area contributed by atoms with Crippen LogP contribution in [0, 0.1) is 5.92 Å². The Morgan fingerprint density at radius 2 is 1.73 bits per heavy atom. The van der Waals surface area contributed by atoms with Gasteiger partial charge >= 0.3 is 0 Å². The number of halogens is 2. The van der Waals surface area contributed by atoms with Crippen LogP contribution in [0.3, 0.4) is 0 Å². The van der Waals surface area contributed by atoms with Gasteiger partial charge in [-0.3, -0.25) is 9.78 Å². The number of carbonyl (C=O) groups excluding carboxylic acids is 1. The summed E-state index contributed by atoms with van der Waals surface area (Å²) in [6.45, 7) is 2.05. The maximum absolute atomic E-state index is 13.7. The average molecular weight is 444 g/mol. The van der Waals surface area contributed by atoms with E-state index in [1.807, 2.05) is 35.2 Å². The number of hydrogen-bond acceptors (Lipinski definition) is 3. The number of likely N-dealkylation sites (tertiary alicyclic amines) is 1. The number of pyridine rings is 1. The number of amides is 1. The number of nitrogens with zero attached hydrogens (tertiary/aromatic N) is 2. The smallest absolute Gasteiger partial charge is 0.254 e. The lowest BCUT2D eigenvalue weighted by atomic mass is 9.89.